The lowest BCUT2D eigenvalue weighted by Gasteiger charge is -2.19. The van der Waals surface area contributed by atoms with Gasteiger partial charge in [-0.3, -0.25) is 4.79 Å². The number of anilines is 1. The van der Waals surface area contributed by atoms with E-state index < -0.39 is 14.6 Å². The van der Waals surface area contributed by atoms with E-state index in [4.69, 9.17) is 5.73 Å². The molecular formula is C20H26N2O3S. The summed E-state index contributed by atoms with van der Waals surface area (Å²) in [4.78, 5) is 12.2. The van der Waals surface area contributed by atoms with Crippen LogP contribution in [-0.4, -0.2) is 19.1 Å². The minimum atomic E-state index is -3.28. The molecule has 0 fully saturated rings. The standard InChI is InChI=1S/C20H26N2O3S/c1-20(2,3)26(24,25)14-15-8-7-11-17(12-15)22-19(23)13-18(21)16-9-5-4-6-10-16/h4-12,18H,13-14,21H2,1-3H3,(H,22,23). The third-order valence-corrected chi connectivity index (χ3v) is 6.71. The Balaban J connectivity index is 2.03. The zero-order chi connectivity index (χ0) is 19.4. The zero-order valence-electron chi connectivity index (χ0n) is 15.4. The quantitative estimate of drug-likeness (QED) is 0.811. The Morgan fingerprint density at radius 3 is 2.35 bits per heavy atom. The fourth-order valence-electron chi connectivity index (χ4n) is 2.40. The van der Waals surface area contributed by atoms with Gasteiger partial charge in [-0.1, -0.05) is 42.5 Å². The van der Waals surface area contributed by atoms with Crippen molar-refractivity contribution in [1.29, 1.82) is 0 Å². The average molecular weight is 375 g/mol. The Morgan fingerprint density at radius 2 is 1.73 bits per heavy atom. The van der Waals surface area contributed by atoms with Crippen molar-refractivity contribution in [3.05, 3.63) is 65.7 Å². The predicted molar refractivity (Wildman–Crippen MR) is 105 cm³/mol. The van der Waals surface area contributed by atoms with Gasteiger partial charge in [0, 0.05) is 18.2 Å². The van der Waals surface area contributed by atoms with Gasteiger partial charge in [-0.25, -0.2) is 8.42 Å². The van der Waals surface area contributed by atoms with E-state index in [9.17, 15) is 13.2 Å². The van der Waals surface area contributed by atoms with Gasteiger partial charge in [0.05, 0.1) is 10.5 Å². The third-order valence-electron chi connectivity index (χ3n) is 4.13. The summed E-state index contributed by atoms with van der Waals surface area (Å²) in [5.41, 5.74) is 8.18. The topological polar surface area (TPSA) is 89.3 Å². The molecule has 1 atom stereocenters. The van der Waals surface area contributed by atoms with E-state index in [2.05, 4.69) is 5.32 Å². The predicted octanol–water partition coefficient (Wildman–Crippen LogP) is 3.43. The van der Waals surface area contributed by atoms with Crippen LogP contribution in [0.5, 0.6) is 0 Å². The molecule has 5 nitrogen and oxygen atoms in total. The van der Waals surface area contributed by atoms with Crippen molar-refractivity contribution in [2.75, 3.05) is 5.32 Å². The first kappa shape index (κ1) is 20.1. The van der Waals surface area contributed by atoms with Crippen LogP contribution in [0.1, 0.15) is 44.4 Å². The molecule has 0 aliphatic heterocycles. The van der Waals surface area contributed by atoms with Crippen LogP contribution in [0, 0.1) is 0 Å². The molecule has 0 aliphatic carbocycles. The molecule has 0 aliphatic rings. The maximum atomic E-state index is 12.4. The van der Waals surface area contributed by atoms with Gasteiger partial charge < -0.3 is 11.1 Å². The van der Waals surface area contributed by atoms with Gasteiger partial charge in [0.15, 0.2) is 9.84 Å². The van der Waals surface area contributed by atoms with Gasteiger partial charge in [-0.2, -0.15) is 0 Å². The highest BCUT2D eigenvalue weighted by Gasteiger charge is 2.29. The van der Waals surface area contributed by atoms with Crippen molar-refractivity contribution >= 4 is 21.4 Å². The van der Waals surface area contributed by atoms with E-state index in [-0.39, 0.29) is 24.1 Å². The lowest BCUT2D eigenvalue weighted by atomic mass is 10.0. The van der Waals surface area contributed by atoms with Crippen LogP contribution < -0.4 is 11.1 Å². The Hall–Kier alpha value is -2.18. The molecule has 2 aromatic carbocycles. The number of amides is 1. The number of nitrogens with one attached hydrogen (secondary N) is 1. The number of benzene rings is 2. The molecule has 0 saturated heterocycles. The number of carbonyl (C=O) groups excluding carboxylic acids is 1. The lowest BCUT2D eigenvalue weighted by molar-refractivity contribution is -0.116. The molecule has 1 unspecified atom stereocenters. The van der Waals surface area contributed by atoms with Crippen LogP contribution in [0.25, 0.3) is 0 Å². The first-order chi connectivity index (χ1) is 12.1. The van der Waals surface area contributed by atoms with Gasteiger partial charge in [-0.05, 0) is 44.0 Å². The van der Waals surface area contributed by atoms with Crippen molar-refractivity contribution in [3.8, 4) is 0 Å². The third kappa shape index (κ3) is 5.41. The molecule has 0 bridgehead atoms. The molecule has 26 heavy (non-hydrogen) atoms. The highest BCUT2D eigenvalue weighted by molar-refractivity contribution is 7.91. The first-order valence-electron chi connectivity index (χ1n) is 8.50. The van der Waals surface area contributed by atoms with Crippen molar-refractivity contribution in [3.63, 3.8) is 0 Å². The van der Waals surface area contributed by atoms with Crippen molar-refractivity contribution in [2.24, 2.45) is 5.73 Å². The Kier molecular flexibility index (Phi) is 6.21. The van der Waals surface area contributed by atoms with Crippen LogP contribution in [0.4, 0.5) is 5.69 Å². The Labute approximate surface area is 155 Å². The van der Waals surface area contributed by atoms with Crippen molar-refractivity contribution < 1.29 is 13.2 Å². The van der Waals surface area contributed by atoms with E-state index >= 15 is 0 Å². The molecule has 0 radical (unpaired) electrons. The first-order valence-corrected chi connectivity index (χ1v) is 10.2. The SMILES string of the molecule is CC(C)(C)S(=O)(=O)Cc1cccc(NC(=O)CC(N)c2ccccc2)c1. The van der Waals surface area contributed by atoms with E-state index in [1.807, 2.05) is 30.3 Å². The van der Waals surface area contributed by atoms with Crippen LogP contribution in [0.3, 0.4) is 0 Å². The maximum Gasteiger partial charge on any atom is 0.226 e. The molecule has 1 amide bonds. The number of sulfone groups is 1. The van der Waals surface area contributed by atoms with Gasteiger partial charge >= 0.3 is 0 Å². The highest BCUT2D eigenvalue weighted by atomic mass is 32.2. The van der Waals surface area contributed by atoms with Gasteiger partial charge in [0.25, 0.3) is 0 Å². The van der Waals surface area contributed by atoms with Crippen molar-refractivity contribution in [1.82, 2.24) is 0 Å². The molecule has 6 heteroatoms. The van der Waals surface area contributed by atoms with Crippen LogP contribution in [-0.2, 0) is 20.4 Å². The summed E-state index contributed by atoms with van der Waals surface area (Å²) in [7, 11) is -3.28. The summed E-state index contributed by atoms with van der Waals surface area (Å²) < 4.78 is 23.9. The van der Waals surface area contributed by atoms with Gasteiger partial charge in [0.2, 0.25) is 5.91 Å². The lowest BCUT2D eigenvalue weighted by Crippen LogP contribution is -2.29. The minimum Gasteiger partial charge on any atom is -0.326 e. The second-order valence-electron chi connectivity index (χ2n) is 7.34. The number of hydrogen-bond donors (Lipinski definition) is 2. The summed E-state index contributed by atoms with van der Waals surface area (Å²) in [6, 6.07) is 15.9. The maximum absolute atomic E-state index is 12.4. The number of hydrogen-bond acceptors (Lipinski definition) is 4. The molecule has 140 valence electrons. The summed E-state index contributed by atoms with van der Waals surface area (Å²) >= 11 is 0. The number of nitrogens with two attached hydrogens (primary N) is 1. The summed E-state index contributed by atoms with van der Waals surface area (Å²) in [5, 5.41) is 2.79. The van der Waals surface area contributed by atoms with E-state index in [1.54, 1.807) is 45.0 Å². The smallest absolute Gasteiger partial charge is 0.226 e. The van der Waals surface area contributed by atoms with E-state index in [0.717, 1.165) is 5.56 Å². The normalized spacial score (nSPS) is 13.2. The average Bonchev–Trinajstić information content (AvgIpc) is 2.54. The zero-order valence-corrected chi connectivity index (χ0v) is 16.2. The molecule has 0 spiro atoms. The molecule has 3 N–H and O–H groups in total. The van der Waals surface area contributed by atoms with Gasteiger partial charge in [-0.15, -0.1) is 0 Å². The molecular weight excluding hydrogens is 348 g/mol. The van der Waals surface area contributed by atoms with E-state index in [0.29, 0.717) is 11.3 Å². The van der Waals surface area contributed by atoms with Gasteiger partial charge in [0.1, 0.15) is 0 Å². The van der Waals surface area contributed by atoms with Crippen molar-refractivity contribution in [2.45, 2.75) is 43.7 Å². The highest BCUT2D eigenvalue weighted by Crippen LogP contribution is 2.22. The summed E-state index contributed by atoms with van der Waals surface area (Å²) in [6.45, 7) is 5.04. The van der Waals surface area contributed by atoms with E-state index in [1.165, 1.54) is 0 Å². The fraction of sp³-hybridized carbons (Fsp3) is 0.350. The Bertz CT molecular complexity index is 856. The molecule has 0 aromatic heterocycles. The molecule has 2 rings (SSSR count). The largest absolute Gasteiger partial charge is 0.326 e. The minimum absolute atomic E-state index is 0.0657. The second kappa shape index (κ2) is 8.01. The Morgan fingerprint density at radius 1 is 1.08 bits per heavy atom. The molecule has 2 aromatic rings. The van der Waals surface area contributed by atoms with Crippen LogP contribution in [0.15, 0.2) is 54.6 Å². The second-order valence-corrected chi connectivity index (χ2v) is 10.1. The fourth-order valence-corrected chi connectivity index (χ4v) is 3.46. The van der Waals surface area contributed by atoms with Crippen LogP contribution >= 0.6 is 0 Å². The summed E-state index contributed by atoms with van der Waals surface area (Å²) in [5.74, 6) is -0.277. The number of rotatable bonds is 6. The van der Waals surface area contributed by atoms with Crippen LogP contribution in [0.2, 0.25) is 0 Å². The summed E-state index contributed by atoms with van der Waals surface area (Å²) in [6.07, 6.45) is 0.147. The monoisotopic (exact) mass is 374 g/mol. The number of carbonyl (C=O) groups is 1. The molecule has 0 heterocycles. The molecule has 0 saturated carbocycles.